The third-order valence-corrected chi connectivity index (χ3v) is 53.2. The van der Waals surface area contributed by atoms with Gasteiger partial charge in [-0.15, -0.1) is 0 Å². The molecule has 145 heavy (non-hydrogen) atoms. The van der Waals surface area contributed by atoms with Gasteiger partial charge in [0.2, 0.25) is 0 Å². The number of aliphatic hydroxyl groups is 2. The van der Waals surface area contributed by atoms with E-state index in [9.17, 15) is 49.8 Å². The van der Waals surface area contributed by atoms with E-state index in [4.69, 9.17) is 94.7 Å². The summed E-state index contributed by atoms with van der Waals surface area (Å²) in [4.78, 5) is 21.1. The van der Waals surface area contributed by atoms with Crippen LogP contribution in [0.3, 0.4) is 0 Å². The first kappa shape index (κ1) is 158. The predicted molar refractivity (Wildman–Crippen MR) is 586 cm³/mol. The second-order valence-corrected chi connectivity index (χ2v) is 73.0. The van der Waals surface area contributed by atoms with Crippen LogP contribution >= 0.6 is 27.0 Å². The molecule has 0 atom stereocenters. The molecule has 9 radical (unpaired) electrons. The Hall–Kier alpha value is -4.15. The molecule has 0 bridgehead atoms. The summed E-state index contributed by atoms with van der Waals surface area (Å²) in [5.41, 5.74) is 3.80. The van der Waals surface area contributed by atoms with Crippen LogP contribution in [0, 0.1) is 63.9 Å². The standard InChI is InChI=1S/C16H24FNO2Si.C15H24BrFO2Si.C15H25FO3Si.C15H23FO3Si.C14H23FO2Si.C8H9FO2.C8H7FO2.C6H15ClSi.C4H8O.CH3F.CN.CH4.3B.3Na.2H/c1-16(2,3)21(5,6)20-11-13-10-14(19-4)9-12(7-8-18)15(13)17;1-15(2,3)20(5,6)19-10-12-8-13(18-4)7-11(9-16)14(12)17;2*1-15(2,3)20(5,6)19-10-12-8-13(18-4)7-11(9-17)14(12)16;1-14(2,3)18(5,6)17-10-11-9-12(16-4)7-8-13(11)15;2*1-11-7-2-3-8(9)6(4-7)5-10;1-6(2,3)8(4,5)7;1-2-4-5-3-1;2*1-2;;;;;;;;;/h9-10H,7,11H2,1-6H3;7-8H,9-10H2,1-6H3;7-8,17H,9-10H2,1-6H3;7-9H,10H2,1-6H3;7-9H,10H2,1-6H3;2-4,10H,5H2,1H3;2-5H,1H3;1-5H3;1-4H2;1H3;;1H4;;;;;;;;/q;;;;;;;;;;-1;;;;;3*+1;2*-1/i;;;;;;;;;1D;;;;;;;;;;. The van der Waals surface area contributed by atoms with Gasteiger partial charge >= 0.3 is 88.7 Å². The molecule has 1 fully saturated rings. The van der Waals surface area contributed by atoms with Crippen LogP contribution in [-0.2, 0) is 84.9 Å². The monoisotopic (exact) mass is 2250 g/mol. The molecule has 1 aliphatic heterocycles. The van der Waals surface area contributed by atoms with Crippen LogP contribution in [0.25, 0.3) is 0 Å². The van der Waals surface area contributed by atoms with E-state index in [1.54, 1.807) is 62.8 Å². The summed E-state index contributed by atoms with van der Waals surface area (Å²) in [7, 11) is -1.31. The molecule has 2 N–H and O–H groups in total. The van der Waals surface area contributed by atoms with Gasteiger partial charge in [0.15, 0.2) is 61.5 Å². The molecule has 0 aromatic heterocycles. The number of benzene rings is 7. The van der Waals surface area contributed by atoms with Gasteiger partial charge in [-0.2, -0.15) is 16.3 Å². The number of methoxy groups -OCH3 is 7. The number of carbonyl (C=O) groups is 2. The van der Waals surface area contributed by atoms with Crippen molar-refractivity contribution in [3.63, 3.8) is 0 Å². The first-order valence-electron chi connectivity index (χ1n) is 45.6. The summed E-state index contributed by atoms with van der Waals surface area (Å²) < 4.78 is 182. The zero-order valence-corrected chi connectivity index (χ0v) is 108. The van der Waals surface area contributed by atoms with E-state index in [0.29, 0.717) is 115 Å². The largest absolute Gasteiger partial charge is 1.00 e. The molecule has 1 heterocycles. The Morgan fingerprint density at radius 3 is 0.869 bits per heavy atom. The van der Waals surface area contributed by atoms with Crippen molar-refractivity contribution < 1.29 is 208 Å². The molecule has 0 amide bonds. The molecule has 0 saturated carbocycles. The van der Waals surface area contributed by atoms with Gasteiger partial charge in [-0.25, -0.2) is 30.7 Å². The van der Waals surface area contributed by atoms with Crippen LogP contribution in [0.5, 0.6) is 40.2 Å². The first-order valence-corrected chi connectivity index (χ1v) is 64.5. The van der Waals surface area contributed by atoms with Gasteiger partial charge in [-0.1, -0.05) is 161 Å². The van der Waals surface area contributed by atoms with Gasteiger partial charge in [0.05, 0.1) is 128 Å². The Bertz CT molecular complexity index is 4820. The fourth-order valence-electron chi connectivity index (χ4n) is 9.45. The van der Waals surface area contributed by atoms with E-state index in [-0.39, 0.29) is 229 Å². The zero-order chi connectivity index (χ0) is 109. The fourth-order valence-corrected chi connectivity index (χ4v) is 14.6. The molecule has 0 spiro atoms. The number of aldehydes is 2. The summed E-state index contributed by atoms with van der Waals surface area (Å²) in [5.74, 6) is 1.21. The Balaban J connectivity index is -0.000000141. The minimum absolute atomic E-state index is 0. The van der Waals surface area contributed by atoms with Gasteiger partial charge in [-0.05, 0) is 212 Å². The van der Waals surface area contributed by atoms with Crippen LogP contribution in [0.15, 0.2) is 103 Å². The van der Waals surface area contributed by atoms with E-state index in [1.807, 2.05) is 6.07 Å². The number of hydrogen-bond donors (Lipinski definition) is 2. The minimum Gasteiger partial charge on any atom is -1.00 e. The number of aliphatic hydroxyl groups excluding tert-OH is 2. The molecule has 0 aliphatic carbocycles. The minimum atomic E-state index is -1.96. The normalized spacial score (nSPS) is 11.7. The molecule has 1 saturated heterocycles. The van der Waals surface area contributed by atoms with Crippen molar-refractivity contribution in [2.45, 2.75) is 312 Å². The SMILES string of the molecule is C.C1CCOC1.CC(C)(C)[Si](C)(C)Cl.COc1cc(C=O)c(F)c(CO[Si](C)(C)C(C)(C)C)c1.COc1cc(CBr)c(F)c(CO[Si](C)(C)C(C)(C)C)c1.COc1cc(CC#N)c(F)c(CO[Si](C)(C)C(C)(C)C)c1.COc1cc(CO)c(F)c(CO[Si](C)(C)C(C)(C)C)c1.COc1ccc(F)c(C=O)c1.COc1ccc(F)c(CO)c1.COc1ccc(F)c(CO[Si](C)(C)C(C)(C)C)c1.[2H]CF.[B].[B].[B].[C-]#N.[H-].[H-].[Na+].[Na+].[Na+]. The zero-order valence-electron chi connectivity index (χ0n) is 96.8. The predicted octanol–water partition coefficient (Wildman–Crippen LogP) is 20.5. The molecule has 801 valence electrons. The summed E-state index contributed by atoms with van der Waals surface area (Å²) in [5, 5.41) is 34.1. The van der Waals surface area contributed by atoms with Crippen molar-refractivity contribution >= 4 is 114 Å². The second kappa shape index (κ2) is 75.6. The van der Waals surface area contributed by atoms with Crippen LogP contribution in [0.4, 0.5) is 35.1 Å². The van der Waals surface area contributed by atoms with E-state index < -0.39 is 79.4 Å². The topological polar surface area (TPSA) is 242 Å². The maximum Gasteiger partial charge on any atom is 1.00 e. The maximum atomic E-state index is 14.4. The van der Waals surface area contributed by atoms with E-state index in [0.717, 1.165) is 13.2 Å². The van der Waals surface area contributed by atoms with Crippen LogP contribution in [-0.4, -0.2) is 167 Å². The average Bonchev–Trinajstić information content (AvgIpc) is 1.09. The Morgan fingerprint density at radius 2 is 0.614 bits per heavy atom. The fraction of sp³-hybridized carbons (Fsp3) is 0.558. The number of carbonyl (C=O) groups excluding carboxylic acids is 2. The molecule has 8 rings (SSSR count). The van der Waals surface area contributed by atoms with Gasteiger partial charge in [-0.3, -0.25) is 14.0 Å². The third-order valence-electron chi connectivity index (χ3n) is 25.0. The van der Waals surface area contributed by atoms with Gasteiger partial charge in [0.25, 0.3) is 0 Å². The van der Waals surface area contributed by atoms with E-state index >= 15 is 0 Å². The summed E-state index contributed by atoms with van der Waals surface area (Å²) in [6, 6.07) is 27.7. The number of halogens is 10. The summed E-state index contributed by atoms with van der Waals surface area (Å²) >= 11 is 9.45. The number of ether oxygens (including phenoxy) is 8. The number of nitrogens with zero attached hydrogens (tertiary/aromatic N) is 2. The average molecular weight is 2260 g/mol. The molecule has 1 aliphatic rings. The van der Waals surface area contributed by atoms with Crippen LogP contribution < -0.4 is 122 Å². The van der Waals surface area contributed by atoms with E-state index in [1.165, 1.54) is 103 Å². The molecular formula is C104H167B3BrClF8N2Na3O17Si6. The smallest absolute Gasteiger partial charge is 1.00 e. The number of rotatable bonds is 28. The van der Waals surface area contributed by atoms with Gasteiger partial charge in [0.1, 0.15) is 81.0 Å². The van der Waals surface area contributed by atoms with Crippen LogP contribution in [0.2, 0.25) is 109 Å². The summed E-state index contributed by atoms with van der Waals surface area (Å²) in [6.45, 7) is 71.8. The van der Waals surface area contributed by atoms with Crippen LogP contribution in [0.1, 0.15) is 220 Å². The van der Waals surface area contributed by atoms with Crippen molar-refractivity contribution in [1.29, 1.82) is 10.5 Å². The molecule has 41 heteroatoms. The molecule has 19 nitrogen and oxygen atoms in total. The molecular weight excluding hydrogens is 2090 g/mol. The first-order chi connectivity index (χ1) is 63.9. The Labute approximate surface area is 962 Å². The molecule has 7 aromatic carbocycles. The van der Waals surface area contributed by atoms with Gasteiger partial charge in [0, 0.05) is 93.9 Å². The maximum absolute atomic E-state index is 14.4. The van der Waals surface area contributed by atoms with Crippen molar-refractivity contribution in [2.75, 3.05) is 70.1 Å². The van der Waals surface area contributed by atoms with E-state index in [2.05, 4.69) is 219 Å². The number of nitriles is 1. The number of alkyl halides is 2. The quantitative estimate of drug-likeness (QED) is 0.0116. The van der Waals surface area contributed by atoms with Crippen molar-refractivity contribution in [3.8, 4) is 46.3 Å². The Morgan fingerprint density at radius 1 is 0.393 bits per heavy atom. The van der Waals surface area contributed by atoms with Crippen molar-refractivity contribution in [3.05, 3.63) is 212 Å². The number of hydrogen-bond acceptors (Lipinski definition) is 19. The van der Waals surface area contributed by atoms with Crippen molar-refractivity contribution in [2.24, 2.45) is 0 Å². The summed E-state index contributed by atoms with van der Waals surface area (Å²) in [6.07, 6.45) is 3.53. The third kappa shape index (κ3) is 57.6. The second-order valence-electron chi connectivity index (χ2n) is 41.1. The molecule has 7 aromatic rings. The van der Waals surface area contributed by atoms with Gasteiger partial charge < -0.3 is 84.9 Å². The molecule has 0 unspecified atom stereocenters. The van der Waals surface area contributed by atoms with Crippen molar-refractivity contribution in [1.82, 2.24) is 0 Å². The Kier molecular flexibility index (Phi) is 82.6.